The number of rotatable bonds is 3. The summed E-state index contributed by atoms with van der Waals surface area (Å²) in [7, 11) is 0. The van der Waals surface area contributed by atoms with Crippen LogP contribution in [-0.4, -0.2) is 5.11 Å². The van der Waals surface area contributed by atoms with Crippen LogP contribution in [0.15, 0.2) is 46.9 Å². The predicted molar refractivity (Wildman–Crippen MR) is 74.2 cm³/mol. The standard InChI is InChI=1S/C14H11BrClFO/c15-11-6-10(7-12(16)8-11)14(18)5-9-1-3-13(17)4-2-9/h1-4,6-8,14,18H,5H2. The summed E-state index contributed by atoms with van der Waals surface area (Å²) in [5.41, 5.74) is 1.61. The predicted octanol–water partition coefficient (Wildman–Crippen LogP) is 4.52. The molecular weight excluding hydrogens is 319 g/mol. The molecule has 2 aromatic rings. The molecule has 0 spiro atoms. The molecule has 2 aromatic carbocycles. The van der Waals surface area contributed by atoms with Gasteiger partial charge in [0.25, 0.3) is 0 Å². The van der Waals surface area contributed by atoms with E-state index in [4.69, 9.17) is 11.6 Å². The molecule has 0 saturated carbocycles. The minimum atomic E-state index is -0.662. The zero-order valence-electron chi connectivity index (χ0n) is 9.41. The Morgan fingerprint density at radius 2 is 1.83 bits per heavy atom. The van der Waals surface area contributed by atoms with Gasteiger partial charge in [-0.3, -0.25) is 0 Å². The maximum absolute atomic E-state index is 12.8. The van der Waals surface area contributed by atoms with E-state index in [-0.39, 0.29) is 5.82 Å². The van der Waals surface area contributed by atoms with Crippen LogP contribution in [0.3, 0.4) is 0 Å². The van der Waals surface area contributed by atoms with Crippen molar-refractivity contribution in [2.75, 3.05) is 0 Å². The summed E-state index contributed by atoms with van der Waals surface area (Å²) in [5, 5.41) is 10.7. The average molecular weight is 330 g/mol. The van der Waals surface area contributed by atoms with Crippen LogP contribution in [0.1, 0.15) is 17.2 Å². The molecule has 0 radical (unpaired) electrons. The summed E-state index contributed by atoms with van der Waals surface area (Å²) < 4.78 is 13.6. The third-order valence-corrected chi connectivity index (χ3v) is 3.29. The molecular formula is C14H11BrClFO. The van der Waals surface area contributed by atoms with Crippen LogP contribution < -0.4 is 0 Å². The van der Waals surface area contributed by atoms with Gasteiger partial charge in [0.05, 0.1) is 6.10 Å². The molecule has 0 aromatic heterocycles. The molecule has 0 heterocycles. The molecule has 1 atom stereocenters. The van der Waals surface area contributed by atoms with Crippen molar-refractivity contribution in [1.82, 2.24) is 0 Å². The lowest BCUT2D eigenvalue weighted by Crippen LogP contribution is -2.02. The molecule has 0 amide bonds. The summed E-state index contributed by atoms with van der Waals surface area (Å²) >= 11 is 9.26. The van der Waals surface area contributed by atoms with E-state index in [9.17, 15) is 9.50 Å². The molecule has 1 N–H and O–H groups in total. The van der Waals surface area contributed by atoms with Crippen molar-refractivity contribution in [2.45, 2.75) is 12.5 Å². The minimum Gasteiger partial charge on any atom is -0.388 e. The normalized spacial score (nSPS) is 12.4. The van der Waals surface area contributed by atoms with E-state index in [2.05, 4.69) is 15.9 Å². The third-order valence-electron chi connectivity index (χ3n) is 2.61. The van der Waals surface area contributed by atoms with Gasteiger partial charge in [0.2, 0.25) is 0 Å². The molecule has 4 heteroatoms. The van der Waals surface area contributed by atoms with Gasteiger partial charge in [-0.2, -0.15) is 0 Å². The van der Waals surface area contributed by atoms with Crippen molar-refractivity contribution in [3.63, 3.8) is 0 Å². The Hall–Kier alpha value is -0.900. The fourth-order valence-corrected chi connectivity index (χ4v) is 2.62. The molecule has 1 unspecified atom stereocenters. The van der Waals surface area contributed by atoms with Gasteiger partial charge in [-0.25, -0.2) is 4.39 Å². The van der Waals surface area contributed by atoms with E-state index in [0.717, 1.165) is 15.6 Å². The Balaban J connectivity index is 2.16. The highest BCUT2D eigenvalue weighted by Gasteiger charge is 2.10. The first-order valence-electron chi connectivity index (χ1n) is 5.43. The van der Waals surface area contributed by atoms with E-state index in [0.29, 0.717) is 11.4 Å². The Morgan fingerprint density at radius 1 is 1.17 bits per heavy atom. The minimum absolute atomic E-state index is 0.279. The van der Waals surface area contributed by atoms with Crippen molar-refractivity contribution >= 4 is 27.5 Å². The molecule has 0 aliphatic rings. The largest absolute Gasteiger partial charge is 0.388 e. The van der Waals surface area contributed by atoms with Crippen LogP contribution in [-0.2, 0) is 6.42 Å². The first-order valence-corrected chi connectivity index (χ1v) is 6.60. The molecule has 0 saturated heterocycles. The Labute approximate surface area is 118 Å². The highest BCUT2D eigenvalue weighted by atomic mass is 79.9. The van der Waals surface area contributed by atoms with Gasteiger partial charge in [-0.15, -0.1) is 0 Å². The molecule has 18 heavy (non-hydrogen) atoms. The van der Waals surface area contributed by atoms with Gasteiger partial charge in [0, 0.05) is 15.9 Å². The lowest BCUT2D eigenvalue weighted by Gasteiger charge is -2.12. The van der Waals surface area contributed by atoms with Crippen LogP contribution >= 0.6 is 27.5 Å². The van der Waals surface area contributed by atoms with Crippen LogP contribution in [0.25, 0.3) is 0 Å². The smallest absolute Gasteiger partial charge is 0.123 e. The maximum Gasteiger partial charge on any atom is 0.123 e. The molecule has 0 bridgehead atoms. The van der Waals surface area contributed by atoms with Crippen LogP contribution in [0.4, 0.5) is 4.39 Å². The summed E-state index contributed by atoms with van der Waals surface area (Å²) in [6.45, 7) is 0. The average Bonchev–Trinajstić information content (AvgIpc) is 2.31. The molecule has 2 rings (SSSR count). The van der Waals surface area contributed by atoms with Gasteiger partial charge >= 0.3 is 0 Å². The SMILES string of the molecule is OC(Cc1ccc(F)cc1)c1cc(Cl)cc(Br)c1. The highest BCUT2D eigenvalue weighted by Crippen LogP contribution is 2.26. The van der Waals surface area contributed by atoms with Gasteiger partial charge in [-0.05, 0) is 41.5 Å². The van der Waals surface area contributed by atoms with Crippen molar-refractivity contribution in [1.29, 1.82) is 0 Å². The molecule has 0 aliphatic carbocycles. The van der Waals surface area contributed by atoms with E-state index in [1.807, 2.05) is 6.07 Å². The van der Waals surface area contributed by atoms with Gasteiger partial charge in [-0.1, -0.05) is 39.7 Å². The van der Waals surface area contributed by atoms with Crippen LogP contribution in [0.5, 0.6) is 0 Å². The first kappa shape index (κ1) is 13.5. The molecule has 0 fully saturated rings. The second-order valence-corrected chi connectivity index (χ2v) is 5.40. The van der Waals surface area contributed by atoms with Crippen LogP contribution in [0, 0.1) is 5.82 Å². The quantitative estimate of drug-likeness (QED) is 0.878. The molecule has 0 aliphatic heterocycles. The fourth-order valence-electron chi connectivity index (χ4n) is 1.73. The van der Waals surface area contributed by atoms with E-state index < -0.39 is 6.10 Å². The second kappa shape index (κ2) is 5.83. The first-order chi connectivity index (χ1) is 8.54. The molecule has 1 nitrogen and oxygen atoms in total. The zero-order chi connectivity index (χ0) is 13.1. The summed E-state index contributed by atoms with van der Waals surface area (Å²) in [6.07, 6.45) is -0.238. The van der Waals surface area contributed by atoms with Crippen molar-refractivity contribution in [3.05, 3.63) is 68.9 Å². The lowest BCUT2D eigenvalue weighted by atomic mass is 10.0. The number of aliphatic hydroxyl groups excluding tert-OH is 1. The van der Waals surface area contributed by atoms with Crippen molar-refractivity contribution in [3.8, 4) is 0 Å². The Bertz CT molecular complexity index is 522. The van der Waals surface area contributed by atoms with E-state index in [1.165, 1.54) is 12.1 Å². The van der Waals surface area contributed by atoms with E-state index in [1.54, 1.807) is 24.3 Å². The fraction of sp³-hybridized carbons (Fsp3) is 0.143. The number of benzene rings is 2. The van der Waals surface area contributed by atoms with Crippen molar-refractivity contribution in [2.24, 2.45) is 0 Å². The second-order valence-electron chi connectivity index (χ2n) is 4.05. The highest BCUT2D eigenvalue weighted by molar-refractivity contribution is 9.10. The maximum atomic E-state index is 12.8. The summed E-state index contributed by atoms with van der Waals surface area (Å²) in [4.78, 5) is 0. The number of halogens is 3. The third kappa shape index (κ3) is 3.55. The van der Waals surface area contributed by atoms with E-state index >= 15 is 0 Å². The Morgan fingerprint density at radius 3 is 2.44 bits per heavy atom. The zero-order valence-corrected chi connectivity index (χ0v) is 11.7. The van der Waals surface area contributed by atoms with Gasteiger partial charge in [0.15, 0.2) is 0 Å². The lowest BCUT2D eigenvalue weighted by molar-refractivity contribution is 0.178. The number of aliphatic hydroxyl groups is 1. The topological polar surface area (TPSA) is 20.2 Å². The number of hydrogen-bond donors (Lipinski definition) is 1. The summed E-state index contributed by atoms with van der Waals surface area (Å²) in [5.74, 6) is -0.279. The number of hydrogen-bond acceptors (Lipinski definition) is 1. The van der Waals surface area contributed by atoms with Gasteiger partial charge in [0.1, 0.15) is 5.82 Å². The molecule has 94 valence electrons. The summed E-state index contributed by atoms with van der Waals surface area (Å²) in [6, 6.07) is 11.4. The monoisotopic (exact) mass is 328 g/mol. The van der Waals surface area contributed by atoms with Crippen molar-refractivity contribution < 1.29 is 9.50 Å². The van der Waals surface area contributed by atoms with Crippen LogP contribution in [0.2, 0.25) is 5.02 Å². The Kier molecular flexibility index (Phi) is 4.38. The van der Waals surface area contributed by atoms with Gasteiger partial charge < -0.3 is 5.11 Å².